The zero-order valence-corrected chi connectivity index (χ0v) is 9.34. The molecule has 3 nitrogen and oxygen atoms in total. The molecule has 0 aliphatic rings. The standard InChI is InChI=1S/C14H8FN3/c15-12-4-5-14-17-13(9-18(14)8-12)11-3-1-2-10(6-11)7-16/h1-6,8-9H. The number of imidazole rings is 1. The molecule has 0 spiro atoms. The Labute approximate surface area is 103 Å². The van der Waals surface area contributed by atoms with Crippen LogP contribution in [-0.4, -0.2) is 9.38 Å². The Kier molecular flexibility index (Phi) is 2.31. The molecule has 2 aromatic heterocycles. The van der Waals surface area contributed by atoms with E-state index < -0.39 is 0 Å². The van der Waals surface area contributed by atoms with Gasteiger partial charge in [0.1, 0.15) is 11.5 Å². The largest absolute Gasteiger partial charge is 0.304 e. The maximum atomic E-state index is 13.1. The van der Waals surface area contributed by atoms with E-state index in [0.29, 0.717) is 11.2 Å². The highest BCUT2D eigenvalue weighted by Crippen LogP contribution is 2.20. The fraction of sp³-hybridized carbons (Fsp3) is 0. The molecule has 86 valence electrons. The smallest absolute Gasteiger partial charge is 0.139 e. The van der Waals surface area contributed by atoms with Crippen molar-refractivity contribution < 1.29 is 4.39 Å². The molecule has 0 atom stereocenters. The number of nitriles is 1. The molecule has 0 N–H and O–H groups in total. The third-order valence-electron chi connectivity index (χ3n) is 2.70. The first-order chi connectivity index (χ1) is 8.76. The summed E-state index contributed by atoms with van der Waals surface area (Å²) in [5.41, 5.74) is 2.82. The second kappa shape index (κ2) is 3.97. The number of hydrogen-bond donors (Lipinski definition) is 0. The Morgan fingerprint density at radius 3 is 2.89 bits per heavy atom. The minimum Gasteiger partial charge on any atom is -0.304 e. The van der Waals surface area contributed by atoms with E-state index in [0.717, 1.165) is 11.3 Å². The zero-order chi connectivity index (χ0) is 12.5. The van der Waals surface area contributed by atoms with Gasteiger partial charge in [0, 0.05) is 18.0 Å². The predicted molar refractivity (Wildman–Crippen MR) is 65.3 cm³/mol. The number of pyridine rings is 1. The van der Waals surface area contributed by atoms with Crippen LogP contribution in [0.25, 0.3) is 16.9 Å². The van der Waals surface area contributed by atoms with Gasteiger partial charge in [0.2, 0.25) is 0 Å². The number of rotatable bonds is 1. The minimum atomic E-state index is -0.308. The summed E-state index contributed by atoms with van der Waals surface area (Å²) in [5, 5.41) is 8.86. The molecule has 1 aromatic carbocycles. The summed E-state index contributed by atoms with van der Waals surface area (Å²) >= 11 is 0. The summed E-state index contributed by atoms with van der Waals surface area (Å²) in [6, 6.07) is 12.3. The van der Waals surface area contributed by atoms with Crippen molar-refractivity contribution in [3.05, 3.63) is 60.2 Å². The Balaban J connectivity index is 2.16. The highest BCUT2D eigenvalue weighted by Gasteiger charge is 2.05. The Hall–Kier alpha value is -2.67. The maximum absolute atomic E-state index is 13.1. The SMILES string of the molecule is N#Cc1cccc(-c2cn3cc(F)ccc3n2)c1. The third kappa shape index (κ3) is 1.72. The van der Waals surface area contributed by atoms with E-state index in [4.69, 9.17) is 5.26 Å². The Morgan fingerprint density at radius 1 is 1.17 bits per heavy atom. The molecule has 0 aliphatic heterocycles. The summed E-state index contributed by atoms with van der Waals surface area (Å²) in [5.74, 6) is -0.308. The molecule has 0 fully saturated rings. The van der Waals surface area contributed by atoms with Gasteiger partial charge < -0.3 is 4.40 Å². The molecule has 0 amide bonds. The number of aromatic nitrogens is 2. The molecule has 0 saturated heterocycles. The van der Waals surface area contributed by atoms with Crippen molar-refractivity contribution in [3.63, 3.8) is 0 Å². The molecule has 3 rings (SSSR count). The lowest BCUT2D eigenvalue weighted by Crippen LogP contribution is -1.83. The topological polar surface area (TPSA) is 41.1 Å². The van der Waals surface area contributed by atoms with Crippen LogP contribution in [0, 0.1) is 17.1 Å². The van der Waals surface area contributed by atoms with Crippen LogP contribution in [0.2, 0.25) is 0 Å². The molecule has 0 aliphatic carbocycles. The van der Waals surface area contributed by atoms with Crippen molar-refractivity contribution in [1.82, 2.24) is 9.38 Å². The van der Waals surface area contributed by atoms with Crippen LogP contribution in [0.4, 0.5) is 4.39 Å². The quantitative estimate of drug-likeness (QED) is 0.652. The van der Waals surface area contributed by atoms with Crippen molar-refractivity contribution in [3.8, 4) is 17.3 Å². The van der Waals surface area contributed by atoms with Crippen LogP contribution in [0.3, 0.4) is 0 Å². The van der Waals surface area contributed by atoms with Crippen LogP contribution in [0.5, 0.6) is 0 Å². The van der Waals surface area contributed by atoms with Crippen LogP contribution >= 0.6 is 0 Å². The van der Waals surface area contributed by atoms with Gasteiger partial charge in [-0.15, -0.1) is 0 Å². The second-order valence-corrected chi connectivity index (χ2v) is 3.93. The lowest BCUT2D eigenvalue weighted by atomic mass is 10.1. The monoisotopic (exact) mass is 237 g/mol. The molecule has 4 heteroatoms. The molecule has 0 bridgehead atoms. The first-order valence-corrected chi connectivity index (χ1v) is 5.41. The van der Waals surface area contributed by atoms with Gasteiger partial charge in [-0.3, -0.25) is 0 Å². The van der Waals surface area contributed by atoms with Gasteiger partial charge in [0.05, 0.1) is 17.3 Å². The van der Waals surface area contributed by atoms with Gasteiger partial charge in [-0.05, 0) is 24.3 Å². The van der Waals surface area contributed by atoms with E-state index in [9.17, 15) is 4.39 Å². The lowest BCUT2D eigenvalue weighted by molar-refractivity contribution is 0.619. The number of fused-ring (bicyclic) bond motifs is 1. The summed E-state index contributed by atoms with van der Waals surface area (Å²) in [7, 11) is 0. The Morgan fingerprint density at radius 2 is 2.06 bits per heavy atom. The fourth-order valence-electron chi connectivity index (χ4n) is 1.85. The normalized spacial score (nSPS) is 10.4. The van der Waals surface area contributed by atoms with Crippen molar-refractivity contribution in [1.29, 1.82) is 5.26 Å². The van der Waals surface area contributed by atoms with Crippen LogP contribution in [0.1, 0.15) is 5.56 Å². The minimum absolute atomic E-state index is 0.308. The molecule has 0 unspecified atom stereocenters. The molecule has 18 heavy (non-hydrogen) atoms. The summed E-state index contributed by atoms with van der Waals surface area (Å²) in [6.07, 6.45) is 3.12. The van der Waals surface area contributed by atoms with Crippen LogP contribution in [-0.2, 0) is 0 Å². The van der Waals surface area contributed by atoms with E-state index in [2.05, 4.69) is 11.1 Å². The number of nitrogens with zero attached hydrogens (tertiary/aromatic N) is 3. The van der Waals surface area contributed by atoms with Gasteiger partial charge in [-0.25, -0.2) is 9.37 Å². The summed E-state index contributed by atoms with van der Waals surface area (Å²) < 4.78 is 14.7. The fourth-order valence-corrected chi connectivity index (χ4v) is 1.85. The molecule has 2 heterocycles. The van der Waals surface area contributed by atoms with Crippen LogP contribution in [0.15, 0.2) is 48.8 Å². The van der Waals surface area contributed by atoms with Crippen molar-refractivity contribution in [2.75, 3.05) is 0 Å². The molecule has 0 saturated carbocycles. The second-order valence-electron chi connectivity index (χ2n) is 3.93. The predicted octanol–water partition coefficient (Wildman–Crippen LogP) is 3.01. The highest BCUT2D eigenvalue weighted by molar-refractivity contribution is 5.64. The number of hydrogen-bond acceptors (Lipinski definition) is 2. The summed E-state index contributed by atoms with van der Waals surface area (Å²) in [6.45, 7) is 0. The molecule has 0 radical (unpaired) electrons. The lowest BCUT2D eigenvalue weighted by Gasteiger charge is -1.95. The number of benzene rings is 1. The summed E-state index contributed by atoms with van der Waals surface area (Å²) in [4.78, 5) is 4.39. The van der Waals surface area contributed by atoms with Crippen molar-refractivity contribution in [2.24, 2.45) is 0 Å². The van der Waals surface area contributed by atoms with E-state index >= 15 is 0 Å². The van der Waals surface area contributed by atoms with Gasteiger partial charge in [-0.1, -0.05) is 12.1 Å². The van der Waals surface area contributed by atoms with E-state index in [1.54, 1.807) is 34.9 Å². The van der Waals surface area contributed by atoms with Gasteiger partial charge in [0.15, 0.2) is 0 Å². The van der Waals surface area contributed by atoms with Crippen molar-refractivity contribution >= 4 is 5.65 Å². The van der Waals surface area contributed by atoms with Gasteiger partial charge in [0.25, 0.3) is 0 Å². The zero-order valence-electron chi connectivity index (χ0n) is 9.34. The third-order valence-corrected chi connectivity index (χ3v) is 2.70. The maximum Gasteiger partial charge on any atom is 0.139 e. The average molecular weight is 237 g/mol. The van der Waals surface area contributed by atoms with E-state index in [1.807, 2.05) is 6.07 Å². The van der Waals surface area contributed by atoms with E-state index in [-0.39, 0.29) is 5.82 Å². The highest BCUT2D eigenvalue weighted by atomic mass is 19.1. The van der Waals surface area contributed by atoms with Gasteiger partial charge >= 0.3 is 0 Å². The van der Waals surface area contributed by atoms with E-state index in [1.165, 1.54) is 12.3 Å². The average Bonchev–Trinajstić information content (AvgIpc) is 2.81. The molecular weight excluding hydrogens is 229 g/mol. The van der Waals surface area contributed by atoms with Gasteiger partial charge in [-0.2, -0.15) is 5.26 Å². The molecular formula is C14H8FN3. The first kappa shape index (κ1) is 10.5. The Bertz CT molecular complexity index is 768. The number of halogens is 1. The van der Waals surface area contributed by atoms with Crippen LogP contribution < -0.4 is 0 Å². The van der Waals surface area contributed by atoms with Crippen molar-refractivity contribution in [2.45, 2.75) is 0 Å². The molecule has 3 aromatic rings. The first-order valence-electron chi connectivity index (χ1n) is 5.41.